The van der Waals surface area contributed by atoms with Crippen molar-refractivity contribution in [1.29, 1.82) is 0 Å². The number of hydrogen-bond donors (Lipinski definition) is 1. The topological polar surface area (TPSA) is 98.8 Å². The summed E-state index contributed by atoms with van der Waals surface area (Å²) < 4.78 is 6.29. The van der Waals surface area contributed by atoms with Gasteiger partial charge in [-0.2, -0.15) is 0 Å². The minimum Gasteiger partial charge on any atom is -0.497 e. The van der Waals surface area contributed by atoms with Gasteiger partial charge in [0, 0.05) is 12.7 Å². The highest BCUT2D eigenvalue weighted by molar-refractivity contribution is 5.59. The summed E-state index contributed by atoms with van der Waals surface area (Å²) in [4.78, 5) is 27.2. The van der Waals surface area contributed by atoms with E-state index in [2.05, 4.69) is 10.3 Å². The van der Waals surface area contributed by atoms with E-state index in [0.717, 1.165) is 24.2 Å². The molecule has 8 nitrogen and oxygen atoms in total. The van der Waals surface area contributed by atoms with Crippen molar-refractivity contribution < 1.29 is 9.66 Å². The molecular formula is C18H18N4O4. The fourth-order valence-electron chi connectivity index (χ4n) is 2.66. The highest BCUT2D eigenvalue weighted by Crippen LogP contribution is 2.18. The number of hydrogen-bond acceptors (Lipinski definition) is 6. The van der Waals surface area contributed by atoms with Crippen LogP contribution in [0.1, 0.15) is 12.0 Å². The Morgan fingerprint density at radius 1 is 1.23 bits per heavy atom. The summed E-state index contributed by atoms with van der Waals surface area (Å²) in [5, 5.41) is 14.2. The predicted molar refractivity (Wildman–Crippen MR) is 97.9 cm³/mol. The van der Waals surface area contributed by atoms with Crippen LogP contribution < -0.4 is 15.6 Å². The van der Waals surface area contributed by atoms with Crippen LogP contribution in [0.3, 0.4) is 0 Å². The Bertz CT molecular complexity index is 983. The number of nitrogens with one attached hydrogen (secondary N) is 1. The van der Waals surface area contributed by atoms with Crippen molar-refractivity contribution in [2.45, 2.75) is 12.8 Å². The van der Waals surface area contributed by atoms with E-state index in [4.69, 9.17) is 4.74 Å². The number of aryl methyl sites for hydroxylation is 1. The molecule has 0 saturated heterocycles. The van der Waals surface area contributed by atoms with Gasteiger partial charge in [-0.15, -0.1) is 0 Å². The van der Waals surface area contributed by atoms with Gasteiger partial charge in [0.05, 0.1) is 12.0 Å². The van der Waals surface area contributed by atoms with Crippen LogP contribution in [0.15, 0.2) is 53.5 Å². The second-order valence-corrected chi connectivity index (χ2v) is 5.68. The van der Waals surface area contributed by atoms with Crippen molar-refractivity contribution in [3.63, 3.8) is 0 Å². The molecule has 8 heteroatoms. The number of methoxy groups -OCH3 is 1. The normalized spacial score (nSPS) is 10.7. The smallest absolute Gasteiger partial charge is 0.376 e. The lowest BCUT2D eigenvalue weighted by molar-refractivity contribution is -0.385. The number of aromatic nitrogens is 2. The number of fused-ring (bicyclic) bond motifs is 1. The van der Waals surface area contributed by atoms with Gasteiger partial charge in [0.2, 0.25) is 5.82 Å². The molecule has 0 aliphatic heterocycles. The molecule has 0 unspecified atom stereocenters. The lowest BCUT2D eigenvalue weighted by atomic mass is 10.1. The molecule has 0 aliphatic carbocycles. The Balaban J connectivity index is 1.72. The molecule has 0 fully saturated rings. The minimum absolute atomic E-state index is 0.000862. The first kappa shape index (κ1) is 17.4. The summed E-state index contributed by atoms with van der Waals surface area (Å²) in [5.41, 5.74) is 0.255. The SMILES string of the molecule is COc1ccc(CCCNc2nc3ccccn3c(=O)c2[N+](=O)[O-])cc1. The van der Waals surface area contributed by atoms with Crippen LogP contribution in [-0.4, -0.2) is 28.0 Å². The van der Waals surface area contributed by atoms with E-state index >= 15 is 0 Å². The first-order valence-electron chi connectivity index (χ1n) is 8.13. The van der Waals surface area contributed by atoms with E-state index in [9.17, 15) is 14.9 Å². The van der Waals surface area contributed by atoms with Crippen molar-refractivity contribution in [3.05, 3.63) is 74.7 Å². The zero-order valence-corrected chi connectivity index (χ0v) is 14.2. The number of anilines is 1. The highest BCUT2D eigenvalue weighted by Gasteiger charge is 2.22. The van der Waals surface area contributed by atoms with E-state index in [1.165, 1.54) is 10.6 Å². The summed E-state index contributed by atoms with van der Waals surface area (Å²) in [6.07, 6.45) is 2.99. The summed E-state index contributed by atoms with van der Waals surface area (Å²) in [5.74, 6) is 0.796. The maximum absolute atomic E-state index is 12.3. The van der Waals surface area contributed by atoms with Gasteiger partial charge in [-0.05, 0) is 42.7 Å². The van der Waals surface area contributed by atoms with E-state index < -0.39 is 16.2 Å². The second-order valence-electron chi connectivity index (χ2n) is 5.68. The van der Waals surface area contributed by atoms with E-state index in [1.807, 2.05) is 24.3 Å². The number of nitrogens with zero attached hydrogens (tertiary/aromatic N) is 3. The van der Waals surface area contributed by atoms with Gasteiger partial charge in [-0.25, -0.2) is 4.98 Å². The highest BCUT2D eigenvalue weighted by atomic mass is 16.6. The summed E-state index contributed by atoms with van der Waals surface area (Å²) in [6.45, 7) is 0.461. The maximum Gasteiger partial charge on any atom is 0.376 e. The van der Waals surface area contributed by atoms with E-state index in [1.54, 1.807) is 25.3 Å². The lowest BCUT2D eigenvalue weighted by Gasteiger charge is -2.08. The third kappa shape index (κ3) is 3.64. The van der Waals surface area contributed by atoms with Crippen LogP contribution >= 0.6 is 0 Å². The number of benzene rings is 1. The molecule has 0 atom stereocenters. The van der Waals surface area contributed by atoms with Crippen LogP contribution in [0.2, 0.25) is 0 Å². The minimum atomic E-state index is -0.696. The molecule has 0 spiro atoms. The molecule has 2 heterocycles. The molecular weight excluding hydrogens is 336 g/mol. The predicted octanol–water partition coefficient (Wildman–Crippen LogP) is 2.66. The summed E-state index contributed by atoms with van der Waals surface area (Å²) in [7, 11) is 1.62. The molecule has 0 saturated carbocycles. The van der Waals surface area contributed by atoms with Gasteiger partial charge >= 0.3 is 11.2 Å². The maximum atomic E-state index is 12.3. The average Bonchev–Trinajstić information content (AvgIpc) is 2.65. The Hall–Kier alpha value is -3.42. The molecule has 134 valence electrons. The molecule has 0 amide bonds. The van der Waals surface area contributed by atoms with Gasteiger partial charge in [-0.3, -0.25) is 19.3 Å². The molecule has 3 aromatic rings. The second kappa shape index (κ2) is 7.64. The first-order chi connectivity index (χ1) is 12.6. The van der Waals surface area contributed by atoms with Crippen molar-refractivity contribution in [2.75, 3.05) is 19.0 Å². The fourth-order valence-corrected chi connectivity index (χ4v) is 2.66. The zero-order valence-electron chi connectivity index (χ0n) is 14.2. The molecule has 1 aromatic carbocycles. The largest absolute Gasteiger partial charge is 0.497 e. The number of rotatable bonds is 7. The van der Waals surface area contributed by atoms with E-state index in [-0.39, 0.29) is 5.82 Å². The van der Waals surface area contributed by atoms with Crippen molar-refractivity contribution in [2.24, 2.45) is 0 Å². The van der Waals surface area contributed by atoms with Gasteiger partial charge in [0.1, 0.15) is 11.4 Å². The zero-order chi connectivity index (χ0) is 18.5. The molecule has 3 rings (SSSR count). The van der Waals surface area contributed by atoms with Crippen LogP contribution in [0.5, 0.6) is 5.75 Å². The van der Waals surface area contributed by atoms with Crippen molar-refractivity contribution in [3.8, 4) is 5.75 Å². The average molecular weight is 354 g/mol. The number of ether oxygens (including phenoxy) is 1. The third-order valence-electron chi connectivity index (χ3n) is 3.99. The van der Waals surface area contributed by atoms with Crippen molar-refractivity contribution >= 4 is 17.2 Å². The molecule has 2 aromatic heterocycles. The first-order valence-corrected chi connectivity index (χ1v) is 8.13. The Labute approximate surface area is 149 Å². The Morgan fingerprint density at radius 3 is 2.69 bits per heavy atom. The molecule has 1 N–H and O–H groups in total. The molecule has 0 bridgehead atoms. The summed E-state index contributed by atoms with van der Waals surface area (Å²) >= 11 is 0. The van der Waals surface area contributed by atoms with Crippen LogP contribution in [0.25, 0.3) is 5.65 Å². The summed E-state index contributed by atoms with van der Waals surface area (Å²) in [6, 6.07) is 12.7. The molecule has 26 heavy (non-hydrogen) atoms. The van der Waals surface area contributed by atoms with Crippen LogP contribution in [-0.2, 0) is 6.42 Å². The third-order valence-corrected chi connectivity index (χ3v) is 3.99. The molecule has 0 radical (unpaired) electrons. The molecule has 0 aliphatic rings. The van der Waals surface area contributed by atoms with Crippen LogP contribution in [0, 0.1) is 10.1 Å². The number of nitro groups is 1. The monoisotopic (exact) mass is 354 g/mol. The van der Waals surface area contributed by atoms with E-state index in [0.29, 0.717) is 12.2 Å². The standard InChI is InChI=1S/C18H18N4O4/c1-26-14-9-7-13(8-10-14)5-4-11-19-17-16(22(24)25)18(23)21-12-3-2-6-15(21)20-17/h2-3,6-10,12,19H,4-5,11H2,1H3. The fraction of sp³-hybridized carbons (Fsp3) is 0.222. The quantitative estimate of drug-likeness (QED) is 0.398. The van der Waals surface area contributed by atoms with Crippen LogP contribution in [0.4, 0.5) is 11.5 Å². The van der Waals surface area contributed by atoms with Gasteiger partial charge < -0.3 is 10.1 Å². The Kier molecular flexibility index (Phi) is 5.12. The van der Waals surface area contributed by atoms with Crippen molar-refractivity contribution in [1.82, 2.24) is 9.38 Å². The lowest BCUT2D eigenvalue weighted by Crippen LogP contribution is -2.21. The number of pyridine rings is 1. The Morgan fingerprint density at radius 2 is 2.00 bits per heavy atom. The van der Waals surface area contributed by atoms with Gasteiger partial charge in [0.15, 0.2) is 0 Å². The van der Waals surface area contributed by atoms with Gasteiger partial charge in [0.25, 0.3) is 0 Å². The van der Waals surface area contributed by atoms with Gasteiger partial charge in [-0.1, -0.05) is 18.2 Å².